The van der Waals surface area contributed by atoms with Crippen LogP contribution in [0.2, 0.25) is 0 Å². The first-order valence-corrected chi connectivity index (χ1v) is 7.05. The van der Waals surface area contributed by atoms with Gasteiger partial charge in [0.1, 0.15) is 0 Å². The summed E-state index contributed by atoms with van der Waals surface area (Å²) in [7, 11) is 1.96. The van der Waals surface area contributed by atoms with Crippen LogP contribution in [0.25, 0.3) is 0 Å². The van der Waals surface area contributed by atoms with Gasteiger partial charge in [-0.3, -0.25) is 4.68 Å². The number of rotatable bonds is 3. The van der Waals surface area contributed by atoms with Crippen LogP contribution in [0.15, 0.2) is 36.5 Å². The van der Waals surface area contributed by atoms with Crippen LogP contribution in [-0.4, -0.2) is 9.78 Å². The molecule has 1 aliphatic carbocycles. The molecule has 0 saturated carbocycles. The number of hydrogen-bond acceptors (Lipinski definition) is 2. The standard InChI is InChI=1S/C16H21N3/c1-12-7-8-16(15-6-4-3-5-14(12)15)17-11-13-9-10-19(2)18-13/h3-6,9-10,12,16-17H,7-8,11H2,1-2H3. The number of fused-ring (bicyclic) bond motifs is 1. The predicted octanol–water partition coefficient (Wildman–Crippen LogP) is 3.15. The van der Waals surface area contributed by atoms with E-state index in [1.165, 1.54) is 24.0 Å². The van der Waals surface area contributed by atoms with Crippen molar-refractivity contribution in [2.24, 2.45) is 7.05 Å². The molecule has 0 bridgehead atoms. The van der Waals surface area contributed by atoms with Crippen molar-refractivity contribution in [1.29, 1.82) is 0 Å². The van der Waals surface area contributed by atoms with E-state index in [1.807, 2.05) is 17.9 Å². The molecule has 100 valence electrons. The molecule has 3 rings (SSSR count). The Morgan fingerprint density at radius 1 is 1.21 bits per heavy atom. The van der Waals surface area contributed by atoms with E-state index in [1.54, 1.807) is 0 Å². The first-order chi connectivity index (χ1) is 9.24. The second-order valence-corrected chi connectivity index (χ2v) is 5.52. The predicted molar refractivity (Wildman–Crippen MR) is 76.9 cm³/mol. The van der Waals surface area contributed by atoms with E-state index in [9.17, 15) is 0 Å². The van der Waals surface area contributed by atoms with Gasteiger partial charge in [-0.2, -0.15) is 5.10 Å². The lowest BCUT2D eigenvalue weighted by Gasteiger charge is -2.30. The van der Waals surface area contributed by atoms with Gasteiger partial charge in [0.25, 0.3) is 0 Å². The van der Waals surface area contributed by atoms with Crippen molar-refractivity contribution < 1.29 is 0 Å². The van der Waals surface area contributed by atoms with Crippen LogP contribution in [-0.2, 0) is 13.6 Å². The van der Waals surface area contributed by atoms with Gasteiger partial charge in [-0.05, 0) is 36.0 Å². The Kier molecular flexibility index (Phi) is 3.38. The monoisotopic (exact) mass is 255 g/mol. The van der Waals surface area contributed by atoms with Gasteiger partial charge in [0.2, 0.25) is 0 Å². The largest absolute Gasteiger partial charge is 0.304 e. The first kappa shape index (κ1) is 12.4. The van der Waals surface area contributed by atoms with Gasteiger partial charge in [-0.25, -0.2) is 0 Å². The van der Waals surface area contributed by atoms with Crippen molar-refractivity contribution >= 4 is 0 Å². The van der Waals surface area contributed by atoms with Crippen molar-refractivity contribution in [3.05, 3.63) is 53.3 Å². The minimum absolute atomic E-state index is 0.467. The normalized spacial score (nSPS) is 22.2. The summed E-state index contributed by atoms with van der Waals surface area (Å²) in [6.45, 7) is 3.17. The highest BCUT2D eigenvalue weighted by Crippen LogP contribution is 2.36. The number of hydrogen-bond donors (Lipinski definition) is 1. The molecule has 2 atom stereocenters. The second-order valence-electron chi connectivity index (χ2n) is 5.52. The summed E-state index contributed by atoms with van der Waals surface area (Å²) in [5.41, 5.74) is 4.09. The molecule has 0 amide bonds. The summed E-state index contributed by atoms with van der Waals surface area (Å²) in [5.74, 6) is 0.684. The zero-order valence-corrected chi connectivity index (χ0v) is 11.6. The van der Waals surface area contributed by atoms with E-state index in [4.69, 9.17) is 0 Å². The van der Waals surface area contributed by atoms with Crippen LogP contribution in [0.1, 0.15) is 48.5 Å². The molecule has 1 aliphatic rings. The highest BCUT2D eigenvalue weighted by molar-refractivity contribution is 5.34. The van der Waals surface area contributed by atoms with Gasteiger partial charge >= 0.3 is 0 Å². The van der Waals surface area contributed by atoms with Crippen LogP contribution in [0.4, 0.5) is 0 Å². The van der Waals surface area contributed by atoms with Gasteiger partial charge in [-0.15, -0.1) is 0 Å². The number of aromatic nitrogens is 2. The fraction of sp³-hybridized carbons (Fsp3) is 0.438. The minimum atomic E-state index is 0.467. The average molecular weight is 255 g/mol. The molecule has 1 aromatic heterocycles. The smallest absolute Gasteiger partial charge is 0.0762 e. The quantitative estimate of drug-likeness (QED) is 0.913. The summed E-state index contributed by atoms with van der Waals surface area (Å²) in [5, 5.41) is 8.07. The van der Waals surface area contributed by atoms with E-state index >= 15 is 0 Å². The lowest BCUT2D eigenvalue weighted by atomic mass is 9.81. The molecule has 2 aromatic rings. The van der Waals surface area contributed by atoms with E-state index in [0.717, 1.165) is 12.2 Å². The van der Waals surface area contributed by atoms with Gasteiger partial charge in [0, 0.05) is 25.8 Å². The van der Waals surface area contributed by atoms with Gasteiger partial charge < -0.3 is 5.32 Å². The Balaban J connectivity index is 1.74. The minimum Gasteiger partial charge on any atom is -0.304 e. The van der Waals surface area contributed by atoms with E-state index in [2.05, 4.69) is 47.7 Å². The molecule has 3 nitrogen and oxygen atoms in total. The zero-order valence-electron chi connectivity index (χ0n) is 11.6. The lowest BCUT2D eigenvalue weighted by molar-refractivity contribution is 0.428. The molecule has 0 fully saturated rings. The SMILES string of the molecule is CC1CCC(NCc2ccn(C)n2)c2ccccc21. The number of benzene rings is 1. The maximum absolute atomic E-state index is 4.42. The van der Waals surface area contributed by atoms with Crippen LogP contribution >= 0.6 is 0 Å². The Morgan fingerprint density at radius 2 is 2.00 bits per heavy atom. The molecule has 1 aromatic carbocycles. The average Bonchev–Trinajstić information content (AvgIpc) is 2.84. The summed E-state index contributed by atoms with van der Waals surface area (Å²) in [6, 6.07) is 11.4. The summed E-state index contributed by atoms with van der Waals surface area (Å²) >= 11 is 0. The van der Waals surface area contributed by atoms with Crippen molar-refractivity contribution in [1.82, 2.24) is 15.1 Å². The topological polar surface area (TPSA) is 29.9 Å². The fourth-order valence-corrected chi connectivity index (χ4v) is 3.00. The molecular weight excluding hydrogens is 234 g/mol. The Labute approximate surface area is 114 Å². The maximum Gasteiger partial charge on any atom is 0.0762 e. The van der Waals surface area contributed by atoms with Crippen LogP contribution < -0.4 is 5.32 Å². The van der Waals surface area contributed by atoms with E-state index in [0.29, 0.717) is 12.0 Å². The zero-order chi connectivity index (χ0) is 13.2. The molecular formula is C16H21N3. The van der Waals surface area contributed by atoms with E-state index in [-0.39, 0.29) is 0 Å². The summed E-state index contributed by atoms with van der Waals surface area (Å²) in [6.07, 6.45) is 4.47. The van der Waals surface area contributed by atoms with E-state index < -0.39 is 0 Å². The summed E-state index contributed by atoms with van der Waals surface area (Å²) < 4.78 is 1.86. The van der Waals surface area contributed by atoms with Crippen LogP contribution in [0, 0.1) is 0 Å². The number of nitrogens with one attached hydrogen (secondary N) is 1. The van der Waals surface area contributed by atoms with Crippen molar-refractivity contribution in [3.8, 4) is 0 Å². The van der Waals surface area contributed by atoms with Crippen molar-refractivity contribution in [2.45, 2.75) is 38.3 Å². The van der Waals surface area contributed by atoms with Gasteiger partial charge in [-0.1, -0.05) is 31.2 Å². The van der Waals surface area contributed by atoms with Gasteiger partial charge in [0.15, 0.2) is 0 Å². The molecule has 3 heteroatoms. The molecule has 0 radical (unpaired) electrons. The maximum atomic E-state index is 4.42. The highest BCUT2D eigenvalue weighted by atomic mass is 15.3. The van der Waals surface area contributed by atoms with Crippen LogP contribution in [0.5, 0.6) is 0 Å². The Morgan fingerprint density at radius 3 is 2.74 bits per heavy atom. The van der Waals surface area contributed by atoms with Crippen molar-refractivity contribution in [3.63, 3.8) is 0 Å². The molecule has 1 N–H and O–H groups in total. The van der Waals surface area contributed by atoms with Gasteiger partial charge in [0.05, 0.1) is 5.69 Å². The molecule has 1 heterocycles. The first-order valence-electron chi connectivity index (χ1n) is 7.05. The highest BCUT2D eigenvalue weighted by Gasteiger charge is 2.23. The second kappa shape index (κ2) is 5.17. The van der Waals surface area contributed by atoms with Crippen LogP contribution in [0.3, 0.4) is 0 Å². The summed E-state index contributed by atoms with van der Waals surface area (Å²) in [4.78, 5) is 0. The molecule has 0 spiro atoms. The molecule has 0 saturated heterocycles. The third-order valence-corrected chi connectivity index (χ3v) is 4.09. The third kappa shape index (κ3) is 2.56. The number of nitrogens with zero attached hydrogens (tertiary/aromatic N) is 2. The molecule has 19 heavy (non-hydrogen) atoms. The van der Waals surface area contributed by atoms with Crippen molar-refractivity contribution in [2.75, 3.05) is 0 Å². The Bertz CT molecular complexity index is 559. The third-order valence-electron chi connectivity index (χ3n) is 4.09. The lowest BCUT2D eigenvalue weighted by Crippen LogP contribution is -2.26. The molecule has 2 unspecified atom stereocenters. The molecule has 0 aliphatic heterocycles. The number of aryl methyl sites for hydroxylation is 1. The Hall–Kier alpha value is -1.61. The fourth-order valence-electron chi connectivity index (χ4n) is 3.00.